The Balaban J connectivity index is 0.000000188. The van der Waals surface area contributed by atoms with Crippen molar-refractivity contribution < 1.29 is 35.1 Å². The molecule has 0 amide bonds. The van der Waals surface area contributed by atoms with Crippen LogP contribution in [0.3, 0.4) is 0 Å². The second-order valence-electron chi connectivity index (χ2n) is 10.3. The van der Waals surface area contributed by atoms with E-state index < -0.39 is 35.1 Å². The lowest BCUT2D eigenvalue weighted by molar-refractivity contribution is -0.138. The van der Waals surface area contributed by atoms with Crippen molar-refractivity contribution in [2.75, 3.05) is 0 Å². The van der Waals surface area contributed by atoms with Gasteiger partial charge in [-0.3, -0.25) is 0 Å². The van der Waals surface area contributed by atoms with Gasteiger partial charge >= 0.3 is 12.4 Å². The van der Waals surface area contributed by atoms with Crippen molar-refractivity contribution in [3.63, 3.8) is 0 Å². The summed E-state index contributed by atoms with van der Waals surface area (Å²) in [7, 11) is 0. The Morgan fingerprint density at radius 1 is 0.583 bits per heavy atom. The number of benzene rings is 4. The van der Waals surface area contributed by atoms with Gasteiger partial charge in [0.1, 0.15) is 11.6 Å². The fraction of sp³-hybridized carbons (Fsp3) is 0.118. The van der Waals surface area contributed by atoms with Gasteiger partial charge in [-0.25, -0.2) is 18.7 Å². The second-order valence-corrected chi connectivity index (χ2v) is 11.4. The molecule has 2 aromatic heterocycles. The van der Waals surface area contributed by atoms with E-state index in [1.54, 1.807) is 48.5 Å². The molecule has 0 saturated heterocycles. The van der Waals surface area contributed by atoms with Crippen LogP contribution < -0.4 is 5.73 Å². The number of rotatable bonds is 4. The van der Waals surface area contributed by atoms with Gasteiger partial charge in [-0.1, -0.05) is 47.5 Å². The van der Waals surface area contributed by atoms with Gasteiger partial charge in [-0.15, -0.1) is 11.6 Å². The number of fused-ring (bicyclic) bond motifs is 2. The van der Waals surface area contributed by atoms with Crippen LogP contribution >= 0.6 is 34.8 Å². The lowest BCUT2D eigenvalue weighted by atomic mass is 9.98. The first-order valence-corrected chi connectivity index (χ1v) is 15.1. The highest BCUT2D eigenvalue weighted by molar-refractivity contribution is 6.35. The maximum atomic E-state index is 13.6. The zero-order valence-corrected chi connectivity index (χ0v) is 26.4. The first kappa shape index (κ1) is 35.3. The Kier molecular flexibility index (Phi) is 10.2. The van der Waals surface area contributed by atoms with Gasteiger partial charge < -0.3 is 5.73 Å². The third kappa shape index (κ3) is 7.34. The van der Waals surface area contributed by atoms with Crippen LogP contribution in [-0.4, -0.2) is 9.97 Å². The molecule has 0 spiro atoms. The van der Waals surface area contributed by atoms with E-state index in [1.165, 1.54) is 0 Å². The number of nitrogens with zero attached hydrogens (tertiary/aromatic N) is 2. The van der Waals surface area contributed by atoms with Gasteiger partial charge in [0, 0.05) is 34.3 Å². The predicted molar refractivity (Wildman–Crippen MR) is 172 cm³/mol. The smallest absolute Gasteiger partial charge is 0.326 e. The van der Waals surface area contributed by atoms with Gasteiger partial charge in [0.2, 0.25) is 0 Å². The lowest BCUT2D eigenvalue weighted by Gasteiger charge is -2.16. The number of hydrogen-bond donors (Lipinski definition) is 1. The highest BCUT2D eigenvalue weighted by Crippen LogP contribution is 2.41. The highest BCUT2D eigenvalue weighted by atomic mass is 35.5. The predicted octanol–water partition coefficient (Wildman–Crippen LogP) is 11.6. The summed E-state index contributed by atoms with van der Waals surface area (Å²) >= 11 is 18.0. The van der Waals surface area contributed by atoms with Crippen LogP contribution in [0.1, 0.15) is 22.3 Å². The number of alkyl halides is 7. The molecule has 0 bridgehead atoms. The lowest BCUT2D eigenvalue weighted by Crippen LogP contribution is -2.10. The molecular weight excluding hydrogens is 709 g/mol. The van der Waals surface area contributed by atoms with Gasteiger partial charge in [0.25, 0.3) is 0 Å². The first-order chi connectivity index (χ1) is 22.6. The van der Waals surface area contributed by atoms with Crippen LogP contribution in [-0.2, 0) is 24.8 Å². The molecule has 14 heteroatoms. The van der Waals surface area contributed by atoms with Gasteiger partial charge in [-0.2, -0.15) is 26.3 Å². The monoisotopic (exact) mass is 727 g/mol. The molecule has 0 aliphatic rings. The summed E-state index contributed by atoms with van der Waals surface area (Å²) in [6.45, 7) is -0.0431. The van der Waals surface area contributed by atoms with Crippen molar-refractivity contribution >= 4 is 56.6 Å². The van der Waals surface area contributed by atoms with Crippen LogP contribution in [0.25, 0.3) is 44.3 Å². The summed E-state index contributed by atoms with van der Waals surface area (Å²) in [6, 6.07) is 17.8. The van der Waals surface area contributed by atoms with E-state index >= 15 is 0 Å². The Hall–Kier alpha value is -4.03. The normalized spacial score (nSPS) is 11.9. The molecule has 4 aromatic carbocycles. The maximum Gasteiger partial charge on any atom is 0.417 e. The van der Waals surface area contributed by atoms with E-state index in [0.29, 0.717) is 55.1 Å². The minimum atomic E-state index is -4.65. The summed E-state index contributed by atoms with van der Waals surface area (Å²) in [4.78, 5) is 8.50. The van der Waals surface area contributed by atoms with Gasteiger partial charge in [0.15, 0.2) is 0 Å². The molecule has 0 fully saturated rings. The number of pyridine rings is 2. The summed E-state index contributed by atoms with van der Waals surface area (Å²) < 4.78 is 107. The average Bonchev–Trinajstić information content (AvgIpc) is 3.03. The van der Waals surface area contributed by atoms with E-state index in [0.717, 1.165) is 24.3 Å². The third-order valence-corrected chi connectivity index (χ3v) is 8.10. The molecule has 0 saturated carbocycles. The second kappa shape index (κ2) is 13.8. The van der Waals surface area contributed by atoms with E-state index in [1.807, 2.05) is 0 Å². The molecule has 3 nitrogen and oxygen atoms in total. The molecule has 0 radical (unpaired) electrons. The molecule has 48 heavy (non-hydrogen) atoms. The van der Waals surface area contributed by atoms with Crippen molar-refractivity contribution in [2.45, 2.75) is 24.8 Å². The molecule has 248 valence electrons. The Morgan fingerprint density at radius 3 is 1.40 bits per heavy atom. The number of aromatic nitrogens is 2. The summed E-state index contributed by atoms with van der Waals surface area (Å²) in [5, 5.41) is 1.88. The molecular formula is C34H20Cl3F8N3. The van der Waals surface area contributed by atoms with Crippen molar-refractivity contribution in [1.29, 1.82) is 0 Å². The average molecular weight is 729 g/mol. The van der Waals surface area contributed by atoms with Gasteiger partial charge in [0.05, 0.1) is 43.6 Å². The van der Waals surface area contributed by atoms with Crippen LogP contribution in [0.4, 0.5) is 35.1 Å². The maximum absolute atomic E-state index is 13.6. The van der Waals surface area contributed by atoms with E-state index in [2.05, 4.69) is 9.97 Å². The van der Waals surface area contributed by atoms with Crippen LogP contribution in [0.5, 0.6) is 0 Å². The molecule has 2 N–H and O–H groups in total. The number of hydrogen-bond acceptors (Lipinski definition) is 3. The largest absolute Gasteiger partial charge is 0.417 e. The van der Waals surface area contributed by atoms with Crippen molar-refractivity contribution in [3.05, 3.63) is 129 Å². The van der Waals surface area contributed by atoms with Crippen molar-refractivity contribution in [1.82, 2.24) is 9.97 Å². The highest BCUT2D eigenvalue weighted by Gasteiger charge is 2.36. The third-order valence-electron chi connectivity index (χ3n) is 7.20. The Labute approximate surface area is 282 Å². The SMILES string of the molecule is Fc1ccc(C(F)(F)F)c(-c2nc3c(Cl)cccc3cc2CCl)c1.NCc1cc2cccc(Cl)c2nc1-c1cc(F)ccc1C(F)(F)F. The zero-order chi connectivity index (χ0) is 35.0. The van der Waals surface area contributed by atoms with Crippen molar-refractivity contribution in [3.8, 4) is 22.5 Å². The fourth-order valence-corrected chi connectivity index (χ4v) is 5.71. The molecule has 0 atom stereocenters. The molecule has 6 aromatic rings. The molecule has 0 aliphatic heterocycles. The Bertz CT molecular complexity index is 2000. The van der Waals surface area contributed by atoms with Crippen LogP contribution in [0, 0.1) is 11.6 Å². The molecule has 2 heterocycles. The topological polar surface area (TPSA) is 51.8 Å². The molecule has 6 rings (SSSR count). The van der Waals surface area contributed by atoms with E-state index in [9.17, 15) is 35.1 Å². The number of halogens is 11. The number of para-hydroxylation sites is 2. The minimum absolute atomic E-state index is 0.0232. The van der Waals surface area contributed by atoms with Crippen LogP contribution in [0.15, 0.2) is 84.9 Å². The minimum Gasteiger partial charge on any atom is -0.326 e. The standard InChI is InChI=1S/C17H9Cl2F4N.C17H11ClF4N2/c18-8-10-6-9-2-1-3-14(19)16(9)24-15(10)12-7-11(20)4-5-13(12)17(21,22)23;18-14-3-1-2-9-6-10(8-23)15(24-16(9)14)12-7-11(19)4-5-13(12)17(20,21)22/h1-7H,8H2;1-7H,8,23H2. The zero-order valence-electron chi connectivity index (χ0n) is 24.1. The summed E-state index contributed by atoms with van der Waals surface area (Å²) in [5.74, 6) is -1.65. The van der Waals surface area contributed by atoms with E-state index in [4.69, 9.17) is 40.5 Å². The summed E-state index contributed by atoms with van der Waals surface area (Å²) in [5.41, 5.74) is 4.35. The molecule has 0 unspecified atom stereocenters. The van der Waals surface area contributed by atoms with Gasteiger partial charge in [-0.05, 0) is 71.8 Å². The fourth-order valence-electron chi connectivity index (χ4n) is 5.06. The molecule has 0 aliphatic carbocycles. The van der Waals surface area contributed by atoms with Crippen LogP contribution in [0.2, 0.25) is 10.0 Å². The quantitative estimate of drug-likeness (QED) is 0.145. The number of nitrogens with two attached hydrogens (primary N) is 1. The first-order valence-electron chi connectivity index (χ1n) is 13.8. The van der Waals surface area contributed by atoms with E-state index in [-0.39, 0.29) is 34.9 Å². The summed E-state index contributed by atoms with van der Waals surface area (Å²) in [6.07, 6.45) is -9.30. The van der Waals surface area contributed by atoms with Crippen molar-refractivity contribution in [2.24, 2.45) is 5.73 Å². The Morgan fingerprint density at radius 2 is 1.00 bits per heavy atom.